The van der Waals surface area contributed by atoms with E-state index < -0.39 is 0 Å². The van der Waals surface area contributed by atoms with Crippen LogP contribution >= 0.6 is 0 Å². The number of furan rings is 1. The van der Waals surface area contributed by atoms with E-state index in [1.165, 1.54) is 0 Å². The van der Waals surface area contributed by atoms with E-state index >= 15 is 0 Å². The SMILES string of the molecule is CCc1ccc(CNCC(C(C)C)N(C)C)o1. The first-order valence-electron chi connectivity index (χ1n) is 6.49. The highest BCUT2D eigenvalue weighted by atomic mass is 16.3. The number of hydrogen-bond donors (Lipinski definition) is 1. The molecule has 0 saturated heterocycles. The average Bonchev–Trinajstić information content (AvgIpc) is 2.71. The monoisotopic (exact) mass is 238 g/mol. The molecule has 1 unspecified atom stereocenters. The molecule has 0 radical (unpaired) electrons. The second kappa shape index (κ2) is 6.82. The van der Waals surface area contributed by atoms with Gasteiger partial charge >= 0.3 is 0 Å². The summed E-state index contributed by atoms with van der Waals surface area (Å²) in [5.74, 6) is 2.75. The van der Waals surface area contributed by atoms with Crippen molar-refractivity contribution in [2.24, 2.45) is 5.92 Å². The molecular weight excluding hydrogens is 212 g/mol. The third-order valence-electron chi connectivity index (χ3n) is 3.15. The first-order valence-corrected chi connectivity index (χ1v) is 6.49. The molecule has 0 fully saturated rings. The minimum atomic E-state index is 0.565. The summed E-state index contributed by atoms with van der Waals surface area (Å²) < 4.78 is 5.66. The Labute approximate surface area is 105 Å². The highest BCUT2D eigenvalue weighted by Gasteiger charge is 2.15. The number of likely N-dealkylation sites (N-methyl/N-ethyl adjacent to an activating group) is 1. The zero-order chi connectivity index (χ0) is 12.8. The minimum absolute atomic E-state index is 0.565. The van der Waals surface area contributed by atoms with Crippen LogP contribution in [0.3, 0.4) is 0 Å². The summed E-state index contributed by atoms with van der Waals surface area (Å²) in [6, 6.07) is 4.69. The van der Waals surface area contributed by atoms with Gasteiger partial charge in [0.2, 0.25) is 0 Å². The molecule has 0 aromatic carbocycles. The Hall–Kier alpha value is -0.800. The van der Waals surface area contributed by atoms with Crippen LogP contribution in [0.15, 0.2) is 16.5 Å². The molecule has 1 atom stereocenters. The second-order valence-electron chi connectivity index (χ2n) is 5.13. The highest BCUT2D eigenvalue weighted by molar-refractivity contribution is 5.06. The van der Waals surface area contributed by atoms with Crippen LogP contribution < -0.4 is 5.32 Å². The van der Waals surface area contributed by atoms with Crippen LogP contribution in [-0.2, 0) is 13.0 Å². The molecule has 1 rings (SSSR count). The van der Waals surface area contributed by atoms with Crippen LogP contribution in [0, 0.1) is 5.92 Å². The molecular formula is C14H26N2O. The Balaban J connectivity index is 2.35. The Morgan fingerprint density at radius 2 is 1.88 bits per heavy atom. The lowest BCUT2D eigenvalue weighted by molar-refractivity contribution is 0.222. The maximum atomic E-state index is 5.66. The van der Waals surface area contributed by atoms with Gasteiger partial charge in [0.05, 0.1) is 6.54 Å². The van der Waals surface area contributed by atoms with Gasteiger partial charge in [-0.05, 0) is 32.1 Å². The molecule has 0 aliphatic heterocycles. The Kier molecular flexibility index (Phi) is 5.72. The van der Waals surface area contributed by atoms with Crippen LogP contribution in [-0.4, -0.2) is 31.6 Å². The minimum Gasteiger partial charge on any atom is -0.465 e. The van der Waals surface area contributed by atoms with Gasteiger partial charge in [-0.3, -0.25) is 0 Å². The van der Waals surface area contributed by atoms with Gasteiger partial charge in [-0.15, -0.1) is 0 Å². The lowest BCUT2D eigenvalue weighted by Gasteiger charge is -2.28. The number of nitrogens with one attached hydrogen (secondary N) is 1. The lowest BCUT2D eigenvalue weighted by Crippen LogP contribution is -2.41. The van der Waals surface area contributed by atoms with Gasteiger partial charge in [0.25, 0.3) is 0 Å². The van der Waals surface area contributed by atoms with Crippen molar-refractivity contribution in [2.75, 3.05) is 20.6 Å². The predicted octanol–water partition coefficient (Wildman–Crippen LogP) is 2.52. The van der Waals surface area contributed by atoms with Crippen molar-refractivity contribution in [1.82, 2.24) is 10.2 Å². The molecule has 0 bridgehead atoms. The number of aryl methyl sites for hydroxylation is 1. The maximum absolute atomic E-state index is 5.66. The summed E-state index contributed by atoms with van der Waals surface area (Å²) in [4.78, 5) is 2.28. The van der Waals surface area contributed by atoms with Gasteiger partial charge in [-0.1, -0.05) is 20.8 Å². The van der Waals surface area contributed by atoms with Gasteiger partial charge in [0.1, 0.15) is 11.5 Å². The number of rotatable bonds is 7. The van der Waals surface area contributed by atoms with E-state index in [1.807, 2.05) is 0 Å². The van der Waals surface area contributed by atoms with Gasteiger partial charge in [-0.25, -0.2) is 0 Å². The van der Waals surface area contributed by atoms with Crippen molar-refractivity contribution in [3.63, 3.8) is 0 Å². The summed E-state index contributed by atoms with van der Waals surface area (Å²) in [7, 11) is 4.27. The van der Waals surface area contributed by atoms with E-state index in [0.717, 1.165) is 31.0 Å². The van der Waals surface area contributed by atoms with Crippen molar-refractivity contribution in [2.45, 2.75) is 39.8 Å². The van der Waals surface area contributed by atoms with Gasteiger partial charge in [0, 0.05) is 19.0 Å². The number of hydrogen-bond acceptors (Lipinski definition) is 3. The van der Waals surface area contributed by atoms with Crippen LogP contribution in [0.5, 0.6) is 0 Å². The average molecular weight is 238 g/mol. The Bertz CT molecular complexity index is 310. The van der Waals surface area contributed by atoms with Gasteiger partial charge in [-0.2, -0.15) is 0 Å². The first-order chi connectivity index (χ1) is 8.04. The molecule has 3 heteroatoms. The highest BCUT2D eigenvalue weighted by Crippen LogP contribution is 2.09. The Morgan fingerprint density at radius 3 is 2.35 bits per heavy atom. The largest absolute Gasteiger partial charge is 0.465 e. The molecule has 98 valence electrons. The molecule has 0 amide bonds. The van der Waals surface area contributed by atoms with Crippen LogP contribution in [0.1, 0.15) is 32.3 Å². The normalized spacial score (nSPS) is 13.6. The summed E-state index contributed by atoms with van der Waals surface area (Å²) in [6.45, 7) is 8.43. The third-order valence-corrected chi connectivity index (χ3v) is 3.15. The van der Waals surface area contributed by atoms with E-state index in [0.29, 0.717) is 12.0 Å². The fourth-order valence-electron chi connectivity index (χ4n) is 2.07. The van der Waals surface area contributed by atoms with Crippen LogP contribution in [0.2, 0.25) is 0 Å². The predicted molar refractivity (Wildman–Crippen MR) is 72.1 cm³/mol. The molecule has 1 N–H and O–H groups in total. The summed E-state index contributed by atoms with van der Waals surface area (Å²) in [5, 5.41) is 3.47. The molecule has 17 heavy (non-hydrogen) atoms. The quantitative estimate of drug-likeness (QED) is 0.791. The molecule has 0 saturated carbocycles. The zero-order valence-electron chi connectivity index (χ0n) is 11.8. The second-order valence-corrected chi connectivity index (χ2v) is 5.13. The van der Waals surface area contributed by atoms with Gasteiger partial charge < -0.3 is 14.6 Å². The molecule has 1 aromatic rings. The number of nitrogens with zero attached hydrogens (tertiary/aromatic N) is 1. The van der Waals surface area contributed by atoms with Crippen molar-refractivity contribution >= 4 is 0 Å². The first kappa shape index (κ1) is 14.3. The molecule has 0 aliphatic rings. The third kappa shape index (κ3) is 4.52. The molecule has 0 aliphatic carbocycles. The van der Waals surface area contributed by atoms with Gasteiger partial charge in [0.15, 0.2) is 0 Å². The zero-order valence-corrected chi connectivity index (χ0v) is 11.8. The van der Waals surface area contributed by atoms with E-state index in [-0.39, 0.29) is 0 Å². The lowest BCUT2D eigenvalue weighted by atomic mass is 10.0. The van der Waals surface area contributed by atoms with Crippen molar-refractivity contribution < 1.29 is 4.42 Å². The molecule has 3 nitrogen and oxygen atoms in total. The Morgan fingerprint density at radius 1 is 1.24 bits per heavy atom. The fourth-order valence-corrected chi connectivity index (χ4v) is 2.07. The van der Waals surface area contributed by atoms with E-state index in [2.05, 4.69) is 57.2 Å². The molecule has 0 spiro atoms. The topological polar surface area (TPSA) is 28.4 Å². The van der Waals surface area contributed by atoms with Crippen molar-refractivity contribution in [1.29, 1.82) is 0 Å². The standard InChI is InChI=1S/C14H26N2O/c1-6-12-7-8-13(17-12)9-15-10-14(11(2)3)16(4)5/h7-8,11,14-15H,6,9-10H2,1-5H3. The van der Waals surface area contributed by atoms with E-state index in [9.17, 15) is 0 Å². The smallest absolute Gasteiger partial charge is 0.117 e. The van der Waals surface area contributed by atoms with Crippen molar-refractivity contribution in [3.05, 3.63) is 23.7 Å². The molecule has 1 aromatic heterocycles. The molecule has 1 heterocycles. The van der Waals surface area contributed by atoms with Crippen LogP contribution in [0.4, 0.5) is 0 Å². The van der Waals surface area contributed by atoms with E-state index in [1.54, 1.807) is 0 Å². The van der Waals surface area contributed by atoms with Crippen LogP contribution in [0.25, 0.3) is 0 Å². The summed E-state index contributed by atoms with van der Waals surface area (Å²) in [5.41, 5.74) is 0. The summed E-state index contributed by atoms with van der Waals surface area (Å²) >= 11 is 0. The van der Waals surface area contributed by atoms with E-state index in [4.69, 9.17) is 4.42 Å². The maximum Gasteiger partial charge on any atom is 0.117 e. The summed E-state index contributed by atoms with van der Waals surface area (Å²) in [6.07, 6.45) is 0.965. The fraction of sp³-hybridized carbons (Fsp3) is 0.714. The van der Waals surface area contributed by atoms with Crippen molar-refractivity contribution in [3.8, 4) is 0 Å².